The Labute approximate surface area is 363 Å². The summed E-state index contributed by atoms with van der Waals surface area (Å²) >= 11 is 0. The summed E-state index contributed by atoms with van der Waals surface area (Å²) in [6.07, 6.45) is 0. The van der Waals surface area contributed by atoms with Gasteiger partial charge in [0, 0.05) is 43.7 Å². The molecule has 0 radical (unpaired) electrons. The van der Waals surface area contributed by atoms with Crippen LogP contribution < -0.4 is 16.4 Å². The maximum absolute atomic E-state index is 2.59. The number of hydrogen-bond donors (Lipinski definition) is 0. The van der Waals surface area contributed by atoms with Crippen LogP contribution in [0.1, 0.15) is 58.2 Å². The number of hydrogen-bond acceptors (Lipinski definition) is 0. The van der Waals surface area contributed by atoms with Crippen LogP contribution in [0.25, 0.3) is 98.8 Å². The van der Waals surface area contributed by atoms with Gasteiger partial charge in [-0.05, 0) is 104 Å². The van der Waals surface area contributed by atoms with Gasteiger partial charge in [-0.3, -0.25) is 0 Å². The molecule has 0 saturated heterocycles. The molecule has 2 aliphatic rings. The molecule has 13 rings (SSSR count). The summed E-state index contributed by atoms with van der Waals surface area (Å²) in [6.45, 7) is 16.1. The van der Waals surface area contributed by atoms with Crippen molar-refractivity contribution in [2.45, 2.75) is 59.3 Å². The molecule has 2 nitrogen and oxygen atoms in total. The molecule has 296 valence electrons. The molecule has 0 amide bonds. The minimum atomic E-state index is 0.0607. The first-order valence-electron chi connectivity index (χ1n) is 22.3. The highest BCUT2D eigenvalue weighted by molar-refractivity contribution is 7.01. The molecule has 11 aromatic rings. The van der Waals surface area contributed by atoms with Crippen molar-refractivity contribution in [3.05, 3.63) is 174 Å². The number of rotatable bonds is 2. The van der Waals surface area contributed by atoms with Crippen molar-refractivity contribution in [2.24, 2.45) is 0 Å². The van der Waals surface area contributed by atoms with Crippen LogP contribution >= 0.6 is 0 Å². The quantitative estimate of drug-likeness (QED) is 0.154. The second kappa shape index (κ2) is 12.2. The van der Waals surface area contributed by atoms with E-state index >= 15 is 0 Å². The minimum Gasteiger partial charge on any atom is -0.309 e. The molecule has 0 fully saturated rings. The highest BCUT2D eigenvalue weighted by Gasteiger charge is 2.40. The van der Waals surface area contributed by atoms with Crippen LogP contribution in [0.2, 0.25) is 0 Å². The standard InChI is InChI=1S/C59H47BN2/c1-34-30-45-41-16-12-18-43-53(41)49(32-47-39-14-8-10-20-51(39)61(56(43)47)37-26-22-35(23-27-37)58(2,3)4)60-50-33-48-40-15-9-11-21-52(40)62(38-28-24-36(25-29-38)59(5,6)7)57(48)44-19-13-17-42(54(44)50)46(31-34)55(45)60/h8-33H,1-7H3. The molecule has 2 aromatic heterocycles. The fourth-order valence-corrected chi connectivity index (χ4v) is 11.6. The van der Waals surface area contributed by atoms with Crippen LogP contribution in [-0.2, 0) is 10.8 Å². The molecule has 62 heavy (non-hydrogen) atoms. The van der Waals surface area contributed by atoms with Crippen molar-refractivity contribution in [3.8, 4) is 33.6 Å². The maximum Gasteiger partial charge on any atom is 0.244 e. The Balaban J connectivity index is 1.16. The van der Waals surface area contributed by atoms with Crippen LogP contribution in [0.3, 0.4) is 0 Å². The van der Waals surface area contributed by atoms with E-state index in [1.165, 1.54) is 132 Å². The van der Waals surface area contributed by atoms with E-state index in [0.29, 0.717) is 0 Å². The van der Waals surface area contributed by atoms with Gasteiger partial charge in [0.2, 0.25) is 6.71 Å². The molecule has 2 aliphatic heterocycles. The van der Waals surface area contributed by atoms with Crippen LogP contribution in [0.15, 0.2) is 158 Å². The third-order valence-electron chi connectivity index (χ3n) is 14.4. The topological polar surface area (TPSA) is 9.86 Å². The van der Waals surface area contributed by atoms with E-state index in [0.717, 1.165) is 0 Å². The average molecular weight is 795 g/mol. The lowest BCUT2D eigenvalue weighted by atomic mass is 9.31. The predicted octanol–water partition coefficient (Wildman–Crippen LogP) is 13.6. The SMILES string of the molecule is Cc1cc2c3c(c1)-c1cccc4c1c(cc1c5ccccc5n(-c5ccc(C(C)(C)C)cc5)c41)B3c1cc3c4ccccc4n(-c4ccc(C(C)(C)C)cc4)c3c3cccc-2c13. The smallest absolute Gasteiger partial charge is 0.244 e. The van der Waals surface area contributed by atoms with Gasteiger partial charge in [0.15, 0.2) is 0 Å². The lowest BCUT2D eigenvalue weighted by molar-refractivity contribution is 0.590. The van der Waals surface area contributed by atoms with Crippen LogP contribution in [0, 0.1) is 6.92 Å². The largest absolute Gasteiger partial charge is 0.309 e. The Hall–Kier alpha value is -6.84. The minimum absolute atomic E-state index is 0.0607. The van der Waals surface area contributed by atoms with Gasteiger partial charge in [0.1, 0.15) is 0 Å². The number of aryl methyl sites for hydroxylation is 1. The van der Waals surface area contributed by atoms with Gasteiger partial charge in [0.25, 0.3) is 0 Å². The van der Waals surface area contributed by atoms with Crippen molar-refractivity contribution in [3.63, 3.8) is 0 Å². The molecule has 0 N–H and O–H groups in total. The molecular weight excluding hydrogens is 747 g/mol. The highest BCUT2D eigenvalue weighted by atomic mass is 15.0. The zero-order chi connectivity index (χ0) is 42.0. The third-order valence-corrected chi connectivity index (χ3v) is 14.4. The summed E-state index contributed by atoms with van der Waals surface area (Å²) in [7, 11) is 0. The van der Waals surface area contributed by atoms with E-state index in [4.69, 9.17) is 0 Å². The fraction of sp³-hybridized carbons (Fsp3) is 0.153. The van der Waals surface area contributed by atoms with Gasteiger partial charge in [0.05, 0.1) is 22.1 Å². The van der Waals surface area contributed by atoms with Gasteiger partial charge >= 0.3 is 0 Å². The third kappa shape index (κ3) is 4.72. The molecule has 0 atom stereocenters. The second-order valence-electron chi connectivity index (χ2n) is 20.2. The zero-order valence-electron chi connectivity index (χ0n) is 36.5. The van der Waals surface area contributed by atoms with E-state index in [-0.39, 0.29) is 17.5 Å². The fourth-order valence-electron chi connectivity index (χ4n) is 11.6. The first-order chi connectivity index (χ1) is 30.0. The van der Waals surface area contributed by atoms with Gasteiger partial charge in [-0.15, -0.1) is 0 Å². The van der Waals surface area contributed by atoms with Crippen LogP contribution in [-0.4, -0.2) is 15.8 Å². The monoisotopic (exact) mass is 794 g/mol. The van der Waals surface area contributed by atoms with Gasteiger partial charge < -0.3 is 9.13 Å². The van der Waals surface area contributed by atoms with E-state index in [1.807, 2.05) is 0 Å². The molecule has 0 bridgehead atoms. The summed E-state index contributed by atoms with van der Waals surface area (Å²) in [5.74, 6) is 0. The Morgan fingerprint density at radius 2 is 0.790 bits per heavy atom. The van der Waals surface area contributed by atoms with Crippen molar-refractivity contribution >= 4 is 88.3 Å². The van der Waals surface area contributed by atoms with Gasteiger partial charge in [-0.25, -0.2) is 0 Å². The summed E-state index contributed by atoms with van der Waals surface area (Å²) < 4.78 is 5.06. The molecule has 4 heterocycles. The molecule has 0 unspecified atom stereocenters. The maximum atomic E-state index is 2.59. The zero-order valence-corrected chi connectivity index (χ0v) is 36.5. The second-order valence-corrected chi connectivity index (χ2v) is 20.2. The van der Waals surface area contributed by atoms with E-state index in [1.54, 1.807) is 0 Å². The lowest BCUT2D eigenvalue weighted by Crippen LogP contribution is -2.57. The van der Waals surface area contributed by atoms with E-state index in [2.05, 4.69) is 215 Å². The molecule has 9 aromatic carbocycles. The first-order valence-corrected chi connectivity index (χ1v) is 22.3. The lowest BCUT2D eigenvalue weighted by Gasteiger charge is -2.35. The number of nitrogens with zero attached hydrogens (tertiary/aromatic N) is 2. The Bertz CT molecular complexity index is 3510. The number of para-hydroxylation sites is 2. The Kier molecular flexibility index (Phi) is 7.04. The summed E-state index contributed by atoms with van der Waals surface area (Å²) in [5.41, 5.74) is 21.2. The first kappa shape index (κ1) is 35.9. The number of aromatic nitrogens is 2. The van der Waals surface area contributed by atoms with Crippen molar-refractivity contribution < 1.29 is 0 Å². The molecular formula is C59H47BN2. The van der Waals surface area contributed by atoms with Gasteiger partial charge in [-0.2, -0.15) is 0 Å². The molecule has 3 heteroatoms. The number of fused-ring (bicyclic) bond motifs is 12. The predicted molar refractivity (Wildman–Crippen MR) is 268 cm³/mol. The van der Waals surface area contributed by atoms with Crippen LogP contribution in [0.4, 0.5) is 0 Å². The van der Waals surface area contributed by atoms with Crippen molar-refractivity contribution in [2.75, 3.05) is 0 Å². The Morgan fingerprint density at radius 1 is 0.387 bits per heavy atom. The summed E-state index contributed by atoms with van der Waals surface area (Å²) in [5, 5.41) is 10.6. The molecule has 0 spiro atoms. The van der Waals surface area contributed by atoms with E-state index in [9.17, 15) is 0 Å². The van der Waals surface area contributed by atoms with Crippen molar-refractivity contribution in [1.82, 2.24) is 9.13 Å². The van der Waals surface area contributed by atoms with E-state index < -0.39 is 0 Å². The normalized spacial score (nSPS) is 13.4. The number of benzene rings is 9. The Morgan fingerprint density at radius 3 is 1.21 bits per heavy atom. The van der Waals surface area contributed by atoms with Crippen LogP contribution in [0.5, 0.6) is 0 Å². The summed E-state index contributed by atoms with van der Waals surface area (Å²) in [6, 6.07) is 60.9. The molecule has 0 saturated carbocycles. The average Bonchev–Trinajstić information content (AvgIpc) is 3.79. The molecule has 0 aliphatic carbocycles. The summed E-state index contributed by atoms with van der Waals surface area (Å²) in [4.78, 5) is 0. The van der Waals surface area contributed by atoms with Crippen molar-refractivity contribution in [1.29, 1.82) is 0 Å². The highest BCUT2D eigenvalue weighted by Crippen LogP contribution is 2.46. The van der Waals surface area contributed by atoms with Gasteiger partial charge in [-0.1, -0.05) is 179 Å².